The number of amides is 1. The molecular formula is C22H24N6O3S. The van der Waals surface area contributed by atoms with Crippen LogP contribution in [0.3, 0.4) is 0 Å². The minimum atomic E-state index is -3.62. The normalized spacial score (nSPS) is 17.2. The molecule has 1 saturated heterocycles. The van der Waals surface area contributed by atoms with Crippen molar-refractivity contribution in [3.8, 4) is 5.69 Å². The van der Waals surface area contributed by atoms with Gasteiger partial charge in [0.15, 0.2) is 0 Å². The molecule has 0 spiro atoms. The summed E-state index contributed by atoms with van der Waals surface area (Å²) in [6, 6.07) is 12.6. The van der Waals surface area contributed by atoms with Gasteiger partial charge in [-0.2, -0.15) is 4.31 Å². The van der Waals surface area contributed by atoms with E-state index in [4.69, 9.17) is 0 Å². The molecule has 1 amide bonds. The smallest absolute Gasteiger partial charge is 0.243 e. The van der Waals surface area contributed by atoms with E-state index in [2.05, 4.69) is 33.0 Å². The quantitative estimate of drug-likeness (QED) is 0.635. The van der Waals surface area contributed by atoms with Crippen molar-refractivity contribution in [2.45, 2.75) is 37.0 Å². The van der Waals surface area contributed by atoms with Crippen molar-refractivity contribution in [3.63, 3.8) is 0 Å². The van der Waals surface area contributed by atoms with E-state index < -0.39 is 10.0 Å². The molecule has 1 aliphatic carbocycles. The Balaban J connectivity index is 1.20. The summed E-state index contributed by atoms with van der Waals surface area (Å²) in [5.74, 6) is -0.234. The summed E-state index contributed by atoms with van der Waals surface area (Å²) >= 11 is 0. The van der Waals surface area contributed by atoms with E-state index in [1.54, 1.807) is 24.3 Å². The highest BCUT2D eigenvalue weighted by molar-refractivity contribution is 7.89. The zero-order valence-electron chi connectivity index (χ0n) is 17.5. The number of carbonyl (C=O) groups excluding carboxylic acids is 1. The van der Waals surface area contributed by atoms with Crippen molar-refractivity contribution in [1.82, 2.24) is 24.5 Å². The van der Waals surface area contributed by atoms with Crippen molar-refractivity contribution in [2.24, 2.45) is 5.92 Å². The molecule has 0 radical (unpaired) electrons. The van der Waals surface area contributed by atoms with Gasteiger partial charge in [0, 0.05) is 24.7 Å². The summed E-state index contributed by atoms with van der Waals surface area (Å²) in [6.45, 7) is 0.638. The highest BCUT2D eigenvalue weighted by atomic mass is 32.2. The van der Waals surface area contributed by atoms with Gasteiger partial charge >= 0.3 is 0 Å². The highest BCUT2D eigenvalue weighted by Crippen LogP contribution is 2.28. The average Bonchev–Trinajstić information content (AvgIpc) is 3.51. The zero-order valence-corrected chi connectivity index (χ0v) is 18.3. The number of nitrogens with zero attached hydrogens (tertiary/aromatic N) is 5. The molecule has 3 aromatic rings. The third kappa shape index (κ3) is 4.03. The van der Waals surface area contributed by atoms with Gasteiger partial charge in [-0.3, -0.25) is 4.79 Å². The fourth-order valence-corrected chi connectivity index (χ4v) is 5.92. The van der Waals surface area contributed by atoms with Gasteiger partial charge in [0.1, 0.15) is 6.33 Å². The van der Waals surface area contributed by atoms with E-state index >= 15 is 0 Å². The number of anilines is 1. The van der Waals surface area contributed by atoms with E-state index in [0.717, 1.165) is 18.5 Å². The Kier molecular flexibility index (Phi) is 5.48. The molecule has 1 fully saturated rings. The molecular weight excluding hydrogens is 428 g/mol. The number of piperidine rings is 1. The molecule has 2 aromatic carbocycles. The largest absolute Gasteiger partial charge is 0.326 e. The lowest BCUT2D eigenvalue weighted by Crippen LogP contribution is -2.41. The van der Waals surface area contributed by atoms with Gasteiger partial charge in [0.2, 0.25) is 15.9 Å². The van der Waals surface area contributed by atoms with Crippen LogP contribution in [0.5, 0.6) is 0 Å². The number of fused-ring (bicyclic) bond motifs is 1. The van der Waals surface area contributed by atoms with E-state index in [9.17, 15) is 13.2 Å². The van der Waals surface area contributed by atoms with Crippen LogP contribution in [-0.4, -0.2) is 51.9 Å². The maximum atomic E-state index is 13.0. The first-order valence-corrected chi connectivity index (χ1v) is 12.2. The summed E-state index contributed by atoms with van der Waals surface area (Å²) in [4.78, 5) is 13.0. The topological polar surface area (TPSA) is 110 Å². The van der Waals surface area contributed by atoms with E-state index in [1.807, 2.05) is 6.07 Å². The standard InChI is InChI=1S/C22H24N6O3S/c29-22(24-19-5-4-16-2-1-3-18(16)14-19)17-10-12-27(13-11-17)32(30,31)21-8-6-20(7-9-21)28-15-23-25-26-28/h4-9,14-15,17H,1-3,10-13H2,(H,24,29). The molecule has 32 heavy (non-hydrogen) atoms. The van der Waals surface area contributed by atoms with E-state index in [0.29, 0.717) is 31.6 Å². The van der Waals surface area contributed by atoms with Crippen LogP contribution in [0.1, 0.15) is 30.4 Å². The number of aromatic nitrogens is 4. The highest BCUT2D eigenvalue weighted by Gasteiger charge is 2.32. The van der Waals surface area contributed by atoms with E-state index in [-0.39, 0.29) is 16.7 Å². The Bertz CT molecular complexity index is 1220. The van der Waals surface area contributed by atoms with Gasteiger partial charge in [-0.15, -0.1) is 5.10 Å². The van der Waals surface area contributed by atoms with Gasteiger partial charge in [0.05, 0.1) is 10.6 Å². The van der Waals surface area contributed by atoms with Crippen LogP contribution in [0.15, 0.2) is 53.7 Å². The minimum absolute atomic E-state index is 0.0363. The maximum absolute atomic E-state index is 13.0. The number of aryl methyl sites for hydroxylation is 2. The number of benzene rings is 2. The second-order valence-electron chi connectivity index (χ2n) is 8.25. The molecule has 5 rings (SSSR count). The summed E-state index contributed by atoms with van der Waals surface area (Å²) in [5, 5.41) is 14.0. The number of carbonyl (C=O) groups is 1. The zero-order chi connectivity index (χ0) is 22.1. The van der Waals surface area contributed by atoms with Crippen molar-refractivity contribution >= 4 is 21.6 Å². The van der Waals surface area contributed by atoms with Crippen molar-refractivity contribution < 1.29 is 13.2 Å². The van der Waals surface area contributed by atoms with Crippen LogP contribution in [-0.2, 0) is 27.7 Å². The molecule has 2 aliphatic rings. The summed E-state index contributed by atoms with van der Waals surface area (Å²) in [7, 11) is -3.62. The first kappa shape index (κ1) is 20.8. The Morgan fingerprint density at radius 2 is 1.75 bits per heavy atom. The third-order valence-corrected chi connectivity index (χ3v) is 8.19. The van der Waals surface area contributed by atoms with Gasteiger partial charge in [0.25, 0.3) is 0 Å². The summed E-state index contributed by atoms with van der Waals surface area (Å²) < 4.78 is 29.0. The molecule has 166 valence electrons. The van der Waals surface area contributed by atoms with Gasteiger partial charge < -0.3 is 5.32 Å². The lowest BCUT2D eigenvalue weighted by molar-refractivity contribution is -0.120. The lowest BCUT2D eigenvalue weighted by Gasteiger charge is -2.30. The monoisotopic (exact) mass is 452 g/mol. The summed E-state index contributed by atoms with van der Waals surface area (Å²) in [6.07, 6.45) is 5.78. The van der Waals surface area contributed by atoms with Crippen LogP contribution in [0.2, 0.25) is 0 Å². The Morgan fingerprint density at radius 1 is 1.00 bits per heavy atom. The number of rotatable bonds is 5. The SMILES string of the molecule is O=C(Nc1ccc2c(c1)CCC2)C1CCN(S(=O)(=O)c2ccc(-n3cnnn3)cc2)CC1. The molecule has 0 bridgehead atoms. The van der Waals surface area contributed by atoms with Crippen molar-refractivity contribution in [3.05, 3.63) is 59.9 Å². The van der Waals surface area contributed by atoms with E-state index in [1.165, 1.54) is 32.9 Å². The lowest BCUT2D eigenvalue weighted by atomic mass is 9.97. The molecule has 1 aromatic heterocycles. The van der Waals surface area contributed by atoms with Crippen molar-refractivity contribution in [2.75, 3.05) is 18.4 Å². The number of hydrogen-bond donors (Lipinski definition) is 1. The molecule has 1 aliphatic heterocycles. The molecule has 10 heteroatoms. The van der Waals surface area contributed by atoms with Gasteiger partial charge in [-0.1, -0.05) is 6.07 Å². The minimum Gasteiger partial charge on any atom is -0.326 e. The Morgan fingerprint density at radius 3 is 2.47 bits per heavy atom. The first-order valence-electron chi connectivity index (χ1n) is 10.8. The number of sulfonamides is 1. The van der Waals surface area contributed by atoms with Crippen molar-refractivity contribution in [1.29, 1.82) is 0 Å². The molecule has 1 N–H and O–H groups in total. The fourth-order valence-electron chi connectivity index (χ4n) is 4.45. The van der Waals surface area contributed by atoms with Gasteiger partial charge in [-0.05, 0) is 90.1 Å². The Hall–Kier alpha value is -3.11. The molecule has 0 atom stereocenters. The second-order valence-corrected chi connectivity index (χ2v) is 10.2. The number of tetrazole rings is 1. The van der Waals surface area contributed by atoms with Crippen LogP contribution >= 0.6 is 0 Å². The predicted molar refractivity (Wildman–Crippen MR) is 118 cm³/mol. The molecule has 9 nitrogen and oxygen atoms in total. The van der Waals surface area contributed by atoms with Crippen LogP contribution in [0.4, 0.5) is 5.69 Å². The van der Waals surface area contributed by atoms with Crippen LogP contribution in [0.25, 0.3) is 5.69 Å². The number of hydrogen-bond acceptors (Lipinski definition) is 6. The molecule has 0 saturated carbocycles. The van der Waals surface area contributed by atoms with Crippen LogP contribution < -0.4 is 5.32 Å². The fraction of sp³-hybridized carbons (Fsp3) is 0.364. The molecule has 2 heterocycles. The summed E-state index contributed by atoms with van der Waals surface area (Å²) in [5.41, 5.74) is 4.19. The van der Waals surface area contributed by atoms with Gasteiger partial charge in [-0.25, -0.2) is 13.1 Å². The third-order valence-electron chi connectivity index (χ3n) is 6.28. The first-order chi connectivity index (χ1) is 15.5. The predicted octanol–water partition coefficient (Wildman–Crippen LogP) is 2.19. The Labute approximate surface area is 186 Å². The maximum Gasteiger partial charge on any atom is 0.243 e. The number of nitrogens with one attached hydrogen (secondary N) is 1. The average molecular weight is 453 g/mol. The van der Waals surface area contributed by atoms with Crippen LogP contribution in [0, 0.1) is 5.92 Å². The second kappa shape index (κ2) is 8.44. The molecule has 0 unspecified atom stereocenters.